The fraction of sp³-hybridized carbons (Fsp3) is 0.538. The normalized spacial score (nSPS) is 19.5. The van der Waals surface area contributed by atoms with Gasteiger partial charge in [0.2, 0.25) is 0 Å². The molecule has 0 radical (unpaired) electrons. The number of anilines is 1. The van der Waals surface area contributed by atoms with Crippen LogP contribution in [0, 0.1) is 15.9 Å². The van der Waals surface area contributed by atoms with Crippen LogP contribution in [0.25, 0.3) is 0 Å². The highest BCUT2D eigenvalue weighted by Crippen LogP contribution is 2.28. The molecule has 1 aliphatic heterocycles. The molecule has 1 fully saturated rings. The fourth-order valence-corrected chi connectivity index (χ4v) is 2.31. The first-order valence-electron chi connectivity index (χ1n) is 6.21. The van der Waals surface area contributed by atoms with Crippen molar-refractivity contribution in [2.75, 3.05) is 31.6 Å². The first-order chi connectivity index (χ1) is 8.79. The summed E-state index contributed by atoms with van der Waals surface area (Å²) in [6.45, 7) is 6.50. The van der Waals surface area contributed by atoms with Crippen LogP contribution in [-0.2, 0) is 0 Å². The average molecular weight is 267 g/mol. The molecule has 0 N–H and O–H groups in total. The number of nitrogens with zero attached hydrogens (tertiary/aromatic N) is 3. The van der Waals surface area contributed by atoms with Gasteiger partial charge in [0.05, 0.1) is 11.0 Å². The van der Waals surface area contributed by atoms with Crippen LogP contribution in [0.3, 0.4) is 0 Å². The molecule has 0 amide bonds. The number of rotatable bonds is 2. The summed E-state index contributed by atoms with van der Waals surface area (Å²) in [5, 5.41) is 10.8. The largest absolute Gasteiger partial charge is 0.368 e. The molecule has 2 rings (SSSR count). The van der Waals surface area contributed by atoms with Crippen LogP contribution in [-0.4, -0.2) is 42.0 Å². The van der Waals surface area contributed by atoms with E-state index in [1.54, 1.807) is 0 Å². The smallest absolute Gasteiger partial charge is 0.274 e. The number of piperazine rings is 1. The van der Waals surface area contributed by atoms with Gasteiger partial charge >= 0.3 is 0 Å². The summed E-state index contributed by atoms with van der Waals surface area (Å²) >= 11 is 0. The lowest BCUT2D eigenvalue weighted by atomic mass is 9.99. The van der Waals surface area contributed by atoms with Crippen molar-refractivity contribution in [1.82, 2.24) is 4.90 Å². The van der Waals surface area contributed by atoms with E-state index in [9.17, 15) is 14.5 Å². The third-order valence-electron chi connectivity index (χ3n) is 3.76. The molecule has 1 aromatic carbocycles. The lowest BCUT2D eigenvalue weighted by molar-refractivity contribution is -0.385. The second kappa shape index (κ2) is 4.77. The van der Waals surface area contributed by atoms with Gasteiger partial charge in [0.1, 0.15) is 5.82 Å². The van der Waals surface area contributed by atoms with E-state index in [1.807, 2.05) is 11.9 Å². The predicted molar refractivity (Wildman–Crippen MR) is 72.0 cm³/mol. The second-order valence-corrected chi connectivity index (χ2v) is 5.58. The van der Waals surface area contributed by atoms with E-state index in [1.165, 1.54) is 12.1 Å². The maximum atomic E-state index is 13.5. The van der Waals surface area contributed by atoms with Crippen LogP contribution in [0.2, 0.25) is 0 Å². The molecule has 0 atom stereocenters. The Morgan fingerprint density at radius 2 is 2.00 bits per heavy atom. The van der Waals surface area contributed by atoms with E-state index in [4.69, 9.17) is 0 Å². The maximum absolute atomic E-state index is 13.5. The topological polar surface area (TPSA) is 49.6 Å². The summed E-state index contributed by atoms with van der Waals surface area (Å²) in [4.78, 5) is 14.4. The first-order valence-corrected chi connectivity index (χ1v) is 6.21. The number of nitro benzene ring substituents is 1. The van der Waals surface area contributed by atoms with Crippen molar-refractivity contribution in [3.8, 4) is 0 Å². The summed E-state index contributed by atoms with van der Waals surface area (Å²) in [6, 6.07) is 3.74. The summed E-state index contributed by atoms with van der Waals surface area (Å²) in [7, 11) is 2.05. The molecule has 1 aromatic rings. The average Bonchev–Trinajstić information content (AvgIpc) is 2.31. The number of halogens is 1. The summed E-state index contributed by atoms with van der Waals surface area (Å²) < 4.78 is 13.5. The molecule has 0 unspecified atom stereocenters. The van der Waals surface area contributed by atoms with Gasteiger partial charge in [0, 0.05) is 36.9 Å². The summed E-state index contributed by atoms with van der Waals surface area (Å²) in [5.41, 5.74) is 0.332. The fourth-order valence-electron chi connectivity index (χ4n) is 2.31. The Hall–Kier alpha value is -1.69. The third kappa shape index (κ3) is 2.84. The van der Waals surface area contributed by atoms with E-state index < -0.39 is 10.7 Å². The molecule has 5 nitrogen and oxygen atoms in total. The third-order valence-corrected chi connectivity index (χ3v) is 3.76. The Kier molecular flexibility index (Phi) is 3.45. The van der Waals surface area contributed by atoms with Crippen molar-refractivity contribution in [3.63, 3.8) is 0 Å². The number of likely N-dealkylation sites (N-methyl/N-ethyl adjacent to an activating group) is 1. The molecular formula is C13H18FN3O2. The Balaban J connectivity index is 2.30. The van der Waals surface area contributed by atoms with Crippen LogP contribution >= 0.6 is 0 Å². The van der Waals surface area contributed by atoms with E-state index in [0.717, 1.165) is 19.2 Å². The molecular weight excluding hydrogens is 249 g/mol. The van der Waals surface area contributed by atoms with Crippen LogP contribution in [0.1, 0.15) is 13.8 Å². The highest BCUT2D eigenvalue weighted by molar-refractivity contribution is 5.54. The first kappa shape index (κ1) is 13.7. The summed E-state index contributed by atoms with van der Waals surface area (Å²) in [5.74, 6) is -0.569. The molecule has 1 heterocycles. The van der Waals surface area contributed by atoms with Crippen molar-refractivity contribution >= 4 is 11.4 Å². The van der Waals surface area contributed by atoms with E-state index in [0.29, 0.717) is 12.2 Å². The highest BCUT2D eigenvalue weighted by Gasteiger charge is 2.31. The van der Waals surface area contributed by atoms with Crippen molar-refractivity contribution in [1.29, 1.82) is 0 Å². The van der Waals surface area contributed by atoms with Gasteiger partial charge in [-0.05, 0) is 27.0 Å². The zero-order valence-electron chi connectivity index (χ0n) is 11.4. The van der Waals surface area contributed by atoms with Gasteiger partial charge in [0.25, 0.3) is 5.69 Å². The number of nitro groups is 1. The van der Waals surface area contributed by atoms with Gasteiger partial charge in [-0.25, -0.2) is 4.39 Å². The van der Waals surface area contributed by atoms with Crippen molar-refractivity contribution in [2.24, 2.45) is 0 Å². The molecule has 0 aliphatic carbocycles. The van der Waals surface area contributed by atoms with Gasteiger partial charge in [-0.15, -0.1) is 0 Å². The number of hydrogen-bond acceptors (Lipinski definition) is 4. The molecule has 0 spiro atoms. The lowest BCUT2D eigenvalue weighted by Crippen LogP contribution is -2.57. The monoisotopic (exact) mass is 267 g/mol. The number of benzene rings is 1. The predicted octanol–water partition coefficient (Wildman–Crippen LogP) is 2.26. The van der Waals surface area contributed by atoms with Crippen molar-refractivity contribution in [2.45, 2.75) is 19.4 Å². The number of hydrogen-bond donors (Lipinski definition) is 0. The van der Waals surface area contributed by atoms with Gasteiger partial charge in [-0.2, -0.15) is 0 Å². The minimum atomic E-state index is -0.569. The molecule has 104 valence electrons. The molecule has 19 heavy (non-hydrogen) atoms. The zero-order valence-corrected chi connectivity index (χ0v) is 11.4. The standard InChI is InChI=1S/C13H18FN3O2/c1-13(2)9-16(5-4-15(13)3)11-6-10(14)7-12(8-11)17(18)19/h6-8H,4-5,9H2,1-3H3. The van der Waals surface area contributed by atoms with Gasteiger partial charge in [-0.1, -0.05) is 0 Å². The SMILES string of the molecule is CN1CCN(c2cc(F)cc([N+](=O)[O-])c2)CC1(C)C. The molecule has 1 saturated heterocycles. The van der Waals surface area contributed by atoms with Gasteiger partial charge in [-0.3, -0.25) is 15.0 Å². The molecule has 1 aliphatic rings. The minimum absolute atomic E-state index is 0.0423. The molecule has 0 aromatic heterocycles. The maximum Gasteiger partial charge on any atom is 0.274 e. The Bertz CT molecular complexity index is 505. The zero-order chi connectivity index (χ0) is 14.2. The second-order valence-electron chi connectivity index (χ2n) is 5.58. The Labute approximate surface area is 111 Å². The van der Waals surface area contributed by atoms with Gasteiger partial charge < -0.3 is 4.90 Å². The lowest BCUT2D eigenvalue weighted by Gasteiger charge is -2.46. The molecule has 0 bridgehead atoms. The van der Waals surface area contributed by atoms with Crippen molar-refractivity contribution < 1.29 is 9.31 Å². The van der Waals surface area contributed by atoms with E-state index in [2.05, 4.69) is 18.7 Å². The van der Waals surface area contributed by atoms with Gasteiger partial charge in [0.15, 0.2) is 0 Å². The molecule has 6 heteroatoms. The van der Waals surface area contributed by atoms with Crippen molar-refractivity contribution in [3.05, 3.63) is 34.1 Å². The van der Waals surface area contributed by atoms with Crippen LogP contribution in [0.15, 0.2) is 18.2 Å². The van der Waals surface area contributed by atoms with Crippen LogP contribution < -0.4 is 4.90 Å². The van der Waals surface area contributed by atoms with Crippen LogP contribution in [0.5, 0.6) is 0 Å². The number of non-ortho nitro benzene ring substituents is 1. The quantitative estimate of drug-likeness (QED) is 0.609. The van der Waals surface area contributed by atoms with E-state index in [-0.39, 0.29) is 11.2 Å². The minimum Gasteiger partial charge on any atom is -0.368 e. The van der Waals surface area contributed by atoms with E-state index >= 15 is 0 Å². The summed E-state index contributed by atoms with van der Waals surface area (Å²) in [6.07, 6.45) is 0. The molecule has 0 saturated carbocycles. The van der Waals surface area contributed by atoms with Crippen LogP contribution in [0.4, 0.5) is 15.8 Å². The Morgan fingerprint density at radius 3 is 2.58 bits per heavy atom. The highest BCUT2D eigenvalue weighted by atomic mass is 19.1. The Morgan fingerprint density at radius 1 is 1.32 bits per heavy atom.